The first-order valence-corrected chi connectivity index (χ1v) is 6.80. The highest BCUT2D eigenvalue weighted by Crippen LogP contribution is 2.30. The zero-order chi connectivity index (χ0) is 13.0. The molecule has 98 valence electrons. The minimum absolute atomic E-state index is 0.00595. The molecule has 2 rings (SSSR count). The summed E-state index contributed by atoms with van der Waals surface area (Å²) in [4.78, 5) is 11.4. The number of hydrogen-bond acceptors (Lipinski definition) is 2. The second-order valence-corrected chi connectivity index (χ2v) is 5.40. The van der Waals surface area contributed by atoms with E-state index in [9.17, 15) is 4.79 Å². The van der Waals surface area contributed by atoms with Gasteiger partial charge in [-0.2, -0.15) is 0 Å². The molecule has 0 aliphatic heterocycles. The predicted molar refractivity (Wildman–Crippen MR) is 74.7 cm³/mol. The highest BCUT2D eigenvalue weighted by atomic mass is 35.5. The summed E-state index contributed by atoms with van der Waals surface area (Å²) in [7, 11) is 0. The molecule has 1 fully saturated rings. The smallest absolute Gasteiger partial charge is 0.218 e. The zero-order valence-electron chi connectivity index (χ0n) is 10.6. The number of amides is 1. The van der Waals surface area contributed by atoms with E-state index >= 15 is 0 Å². The summed E-state index contributed by atoms with van der Waals surface area (Å²) in [6.45, 7) is 1.57. The predicted octanol–water partition coefficient (Wildman–Crippen LogP) is 3.55. The van der Waals surface area contributed by atoms with Crippen LogP contribution in [0.3, 0.4) is 0 Å². The number of hydrogen-bond donors (Lipinski definition) is 2. The maximum absolute atomic E-state index is 11.4. The van der Waals surface area contributed by atoms with Crippen molar-refractivity contribution in [1.29, 1.82) is 0 Å². The maximum Gasteiger partial charge on any atom is 0.218 e. The summed E-state index contributed by atoms with van der Waals surface area (Å²) in [5.74, 6) is 0.00595. The van der Waals surface area contributed by atoms with E-state index in [1.807, 2.05) is 24.3 Å². The Morgan fingerprint density at radius 1 is 1.28 bits per heavy atom. The van der Waals surface area contributed by atoms with Gasteiger partial charge in [-0.3, -0.25) is 4.79 Å². The lowest BCUT2D eigenvalue weighted by molar-refractivity contribution is -0.120. The van der Waals surface area contributed by atoms with Gasteiger partial charge in [-0.25, -0.2) is 0 Å². The Hall–Kier alpha value is -1.22. The van der Waals surface area contributed by atoms with E-state index in [2.05, 4.69) is 10.6 Å². The maximum atomic E-state index is 11.4. The van der Waals surface area contributed by atoms with Crippen LogP contribution in [0.2, 0.25) is 5.02 Å². The van der Waals surface area contributed by atoms with Crippen LogP contribution >= 0.6 is 11.6 Å². The third kappa shape index (κ3) is 3.39. The first-order chi connectivity index (χ1) is 8.60. The molecule has 4 heteroatoms. The lowest BCUT2D eigenvalue weighted by atomic mass is 9.88. The summed E-state index contributed by atoms with van der Waals surface area (Å²) in [5.41, 5.74) is 0.646. The van der Waals surface area contributed by atoms with Gasteiger partial charge in [-0.15, -0.1) is 0 Å². The molecule has 1 saturated carbocycles. The van der Waals surface area contributed by atoms with Crippen molar-refractivity contribution in [1.82, 2.24) is 5.32 Å². The second kappa shape index (κ2) is 5.61. The molecule has 0 heterocycles. The molecule has 0 radical (unpaired) electrons. The molecular weight excluding hydrogens is 248 g/mol. The van der Waals surface area contributed by atoms with Crippen LogP contribution in [0, 0.1) is 0 Å². The molecule has 0 unspecified atom stereocenters. The van der Waals surface area contributed by atoms with Gasteiger partial charge in [0, 0.05) is 17.6 Å². The summed E-state index contributed by atoms with van der Waals surface area (Å²) in [6.07, 6.45) is 5.42. The van der Waals surface area contributed by atoms with E-state index in [1.54, 1.807) is 6.92 Å². The largest absolute Gasteiger partial charge is 0.363 e. The molecule has 0 saturated heterocycles. The third-order valence-corrected chi connectivity index (χ3v) is 3.57. The number of halogens is 1. The Labute approximate surface area is 113 Å². The Balaban J connectivity index is 2.16. The minimum Gasteiger partial charge on any atom is -0.363 e. The van der Waals surface area contributed by atoms with Gasteiger partial charge in [-0.05, 0) is 43.9 Å². The van der Waals surface area contributed by atoms with Crippen LogP contribution in [-0.4, -0.2) is 11.6 Å². The van der Waals surface area contributed by atoms with Crippen LogP contribution in [0.1, 0.15) is 39.0 Å². The van der Waals surface area contributed by atoms with Gasteiger partial charge in [0.15, 0.2) is 0 Å². The molecule has 2 N–H and O–H groups in total. The minimum atomic E-state index is -0.311. The number of rotatable bonds is 3. The summed E-state index contributed by atoms with van der Waals surface area (Å²) < 4.78 is 0. The highest BCUT2D eigenvalue weighted by Gasteiger charge is 2.32. The summed E-state index contributed by atoms with van der Waals surface area (Å²) in [6, 6.07) is 7.62. The van der Waals surface area contributed by atoms with Crippen LogP contribution in [0.4, 0.5) is 5.69 Å². The third-order valence-electron chi connectivity index (χ3n) is 3.33. The molecule has 0 aromatic heterocycles. The van der Waals surface area contributed by atoms with E-state index in [-0.39, 0.29) is 11.6 Å². The fraction of sp³-hybridized carbons (Fsp3) is 0.500. The monoisotopic (exact) mass is 266 g/mol. The summed E-state index contributed by atoms with van der Waals surface area (Å²) >= 11 is 5.99. The van der Waals surface area contributed by atoms with E-state index < -0.39 is 0 Å². The van der Waals surface area contributed by atoms with Crippen LogP contribution in [0.25, 0.3) is 0 Å². The van der Waals surface area contributed by atoms with Crippen molar-refractivity contribution in [2.75, 3.05) is 5.32 Å². The van der Waals surface area contributed by atoms with Gasteiger partial charge in [0.25, 0.3) is 0 Å². The number of nitrogens with one attached hydrogen (secondary N) is 2. The molecule has 18 heavy (non-hydrogen) atoms. The first kappa shape index (κ1) is 13.2. The highest BCUT2D eigenvalue weighted by molar-refractivity contribution is 6.30. The average Bonchev–Trinajstić information content (AvgIpc) is 2.28. The van der Waals surface area contributed by atoms with Crippen LogP contribution in [-0.2, 0) is 4.79 Å². The normalized spacial score (nSPS) is 18.1. The molecular formula is C14H19ClN2O. The van der Waals surface area contributed by atoms with Crippen LogP contribution in [0.5, 0.6) is 0 Å². The van der Waals surface area contributed by atoms with Gasteiger partial charge >= 0.3 is 0 Å². The fourth-order valence-corrected chi connectivity index (χ4v) is 2.81. The number of anilines is 1. The van der Waals surface area contributed by atoms with Crippen molar-refractivity contribution in [3.63, 3.8) is 0 Å². The Morgan fingerprint density at radius 3 is 2.61 bits per heavy atom. The van der Waals surface area contributed by atoms with Gasteiger partial charge in [0.05, 0.1) is 0 Å². The Morgan fingerprint density at radius 2 is 2.00 bits per heavy atom. The van der Waals surface area contributed by atoms with Crippen molar-refractivity contribution < 1.29 is 4.79 Å². The molecule has 0 bridgehead atoms. The molecule has 0 spiro atoms. The average molecular weight is 267 g/mol. The van der Waals surface area contributed by atoms with Crippen LogP contribution < -0.4 is 10.6 Å². The topological polar surface area (TPSA) is 41.1 Å². The first-order valence-electron chi connectivity index (χ1n) is 6.42. The molecule has 1 aromatic rings. The number of carbonyl (C=O) groups is 1. The second-order valence-electron chi connectivity index (χ2n) is 4.96. The van der Waals surface area contributed by atoms with E-state index in [1.165, 1.54) is 6.42 Å². The number of benzene rings is 1. The lowest BCUT2D eigenvalue weighted by Gasteiger charge is -2.39. The zero-order valence-corrected chi connectivity index (χ0v) is 11.4. The van der Waals surface area contributed by atoms with Gasteiger partial charge in [0.1, 0.15) is 5.66 Å². The SMILES string of the molecule is CC(=O)NC1(Nc2cccc(Cl)c2)CCCCC1. The van der Waals surface area contributed by atoms with Crippen molar-refractivity contribution >= 4 is 23.2 Å². The van der Waals surface area contributed by atoms with Crippen LogP contribution in [0.15, 0.2) is 24.3 Å². The molecule has 1 aromatic carbocycles. The van der Waals surface area contributed by atoms with Gasteiger partial charge in [0.2, 0.25) is 5.91 Å². The van der Waals surface area contributed by atoms with Crippen molar-refractivity contribution in [3.05, 3.63) is 29.3 Å². The molecule has 1 aliphatic carbocycles. The molecule has 1 aliphatic rings. The van der Waals surface area contributed by atoms with Gasteiger partial charge in [-0.1, -0.05) is 24.1 Å². The van der Waals surface area contributed by atoms with Gasteiger partial charge < -0.3 is 10.6 Å². The lowest BCUT2D eigenvalue weighted by Crippen LogP contribution is -2.54. The molecule has 0 atom stereocenters. The molecule has 3 nitrogen and oxygen atoms in total. The van der Waals surface area contributed by atoms with Crippen molar-refractivity contribution in [3.8, 4) is 0 Å². The Kier molecular flexibility index (Phi) is 4.12. The summed E-state index contributed by atoms with van der Waals surface area (Å²) in [5, 5.41) is 7.22. The number of carbonyl (C=O) groups excluding carboxylic acids is 1. The van der Waals surface area contributed by atoms with E-state index in [4.69, 9.17) is 11.6 Å². The Bertz CT molecular complexity index is 428. The fourth-order valence-electron chi connectivity index (χ4n) is 2.62. The van der Waals surface area contributed by atoms with E-state index in [0.717, 1.165) is 31.4 Å². The molecule has 1 amide bonds. The standard InChI is InChI=1S/C14H19ClN2O/c1-11(18)16-14(8-3-2-4-9-14)17-13-7-5-6-12(15)10-13/h5-7,10,17H,2-4,8-9H2,1H3,(H,16,18). The quantitative estimate of drug-likeness (QED) is 0.822. The van der Waals surface area contributed by atoms with Crippen molar-refractivity contribution in [2.24, 2.45) is 0 Å². The van der Waals surface area contributed by atoms with E-state index in [0.29, 0.717) is 5.02 Å². The van der Waals surface area contributed by atoms with Crippen molar-refractivity contribution in [2.45, 2.75) is 44.7 Å².